The van der Waals surface area contributed by atoms with Crippen LogP contribution in [-0.2, 0) is 0 Å². The number of aromatic nitrogens is 1. The molecule has 4 rings (SSSR count). The van der Waals surface area contributed by atoms with Gasteiger partial charge < -0.3 is 4.74 Å². The van der Waals surface area contributed by atoms with Gasteiger partial charge in [-0.1, -0.05) is 48.8 Å². The van der Waals surface area contributed by atoms with Crippen molar-refractivity contribution in [2.45, 2.75) is 0 Å². The average Bonchev–Trinajstić information content (AvgIpc) is 2.77. The summed E-state index contributed by atoms with van der Waals surface area (Å²) < 4.78 is 18.7. The van der Waals surface area contributed by atoms with Crippen LogP contribution in [0.3, 0.4) is 0 Å². The number of rotatable bonds is 4. The lowest BCUT2D eigenvalue weighted by Gasteiger charge is -2.04. The highest BCUT2D eigenvalue weighted by Gasteiger charge is 2.01. The molecule has 0 N–H and O–H groups in total. The molecule has 4 aromatic rings. The molecule has 3 heteroatoms. The van der Waals surface area contributed by atoms with Crippen molar-refractivity contribution >= 4 is 10.8 Å². The summed E-state index contributed by atoms with van der Waals surface area (Å²) in [7, 11) is 0. The molecular weight excluding hydrogens is 361 g/mol. The number of nitrogens with zero attached hydrogens (tertiary/aromatic N) is 1. The van der Waals surface area contributed by atoms with Gasteiger partial charge in [0.05, 0.1) is 11.9 Å². The van der Waals surface area contributed by atoms with Crippen LogP contribution in [0.5, 0.6) is 5.75 Å². The second kappa shape index (κ2) is 8.41. The van der Waals surface area contributed by atoms with Crippen molar-refractivity contribution in [3.05, 3.63) is 109 Å². The molecule has 0 saturated carbocycles. The summed E-state index contributed by atoms with van der Waals surface area (Å²) in [6.45, 7) is 4.09. The fraction of sp³-hybridized carbons (Fsp3) is 0.0385. The highest BCUT2D eigenvalue weighted by Crippen LogP contribution is 2.20. The molecule has 0 fully saturated rings. The SMILES string of the molecule is C=CCOc1ccc(-c2ccc(C#Cc3ccc4cc(F)ccc4c3)cc2)nc1. The highest BCUT2D eigenvalue weighted by molar-refractivity contribution is 5.84. The number of benzene rings is 3. The Labute approximate surface area is 169 Å². The quantitative estimate of drug-likeness (QED) is 0.320. The van der Waals surface area contributed by atoms with Gasteiger partial charge in [0.15, 0.2) is 0 Å². The third kappa shape index (κ3) is 4.51. The van der Waals surface area contributed by atoms with E-state index in [1.807, 2.05) is 54.6 Å². The predicted molar refractivity (Wildman–Crippen MR) is 115 cm³/mol. The maximum Gasteiger partial charge on any atom is 0.138 e. The molecule has 0 spiro atoms. The average molecular weight is 379 g/mol. The minimum absolute atomic E-state index is 0.232. The van der Waals surface area contributed by atoms with Crippen molar-refractivity contribution in [2.24, 2.45) is 0 Å². The summed E-state index contributed by atoms with van der Waals surface area (Å²) in [5.41, 5.74) is 3.69. The molecule has 3 aromatic carbocycles. The Balaban J connectivity index is 1.50. The normalized spacial score (nSPS) is 10.2. The summed E-state index contributed by atoms with van der Waals surface area (Å²) >= 11 is 0. The topological polar surface area (TPSA) is 22.1 Å². The van der Waals surface area contributed by atoms with E-state index in [-0.39, 0.29) is 5.82 Å². The van der Waals surface area contributed by atoms with E-state index >= 15 is 0 Å². The van der Waals surface area contributed by atoms with E-state index in [1.54, 1.807) is 18.3 Å². The maximum absolute atomic E-state index is 13.3. The van der Waals surface area contributed by atoms with E-state index in [4.69, 9.17) is 4.74 Å². The van der Waals surface area contributed by atoms with Crippen LogP contribution in [0.4, 0.5) is 4.39 Å². The van der Waals surface area contributed by atoms with Crippen LogP contribution in [0.15, 0.2) is 91.6 Å². The zero-order chi connectivity index (χ0) is 20.1. The van der Waals surface area contributed by atoms with Crippen LogP contribution in [0.1, 0.15) is 11.1 Å². The van der Waals surface area contributed by atoms with Gasteiger partial charge in [0.25, 0.3) is 0 Å². The zero-order valence-electron chi connectivity index (χ0n) is 15.7. The van der Waals surface area contributed by atoms with Gasteiger partial charge in [-0.3, -0.25) is 4.98 Å². The largest absolute Gasteiger partial charge is 0.488 e. The highest BCUT2D eigenvalue weighted by atomic mass is 19.1. The van der Waals surface area contributed by atoms with E-state index in [0.717, 1.165) is 33.2 Å². The molecule has 2 nitrogen and oxygen atoms in total. The molecule has 0 radical (unpaired) electrons. The molecule has 0 atom stereocenters. The number of halogens is 1. The fourth-order valence-corrected chi connectivity index (χ4v) is 2.95. The summed E-state index contributed by atoms with van der Waals surface area (Å²) in [5.74, 6) is 6.83. The van der Waals surface area contributed by atoms with Gasteiger partial charge in [-0.25, -0.2) is 4.39 Å². The third-order valence-electron chi connectivity index (χ3n) is 4.44. The first-order valence-electron chi connectivity index (χ1n) is 9.23. The molecule has 0 aliphatic rings. The Morgan fingerprint density at radius 2 is 1.59 bits per heavy atom. The first-order chi connectivity index (χ1) is 14.2. The van der Waals surface area contributed by atoms with Crippen LogP contribution in [0, 0.1) is 17.7 Å². The fourth-order valence-electron chi connectivity index (χ4n) is 2.95. The summed E-state index contributed by atoms with van der Waals surface area (Å²) in [5, 5.41) is 1.84. The van der Waals surface area contributed by atoms with E-state index in [0.29, 0.717) is 12.4 Å². The van der Waals surface area contributed by atoms with Gasteiger partial charge in [-0.2, -0.15) is 0 Å². The Morgan fingerprint density at radius 1 is 0.862 bits per heavy atom. The van der Waals surface area contributed by atoms with Crippen molar-refractivity contribution in [3.63, 3.8) is 0 Å². The number of fused-ring (bicyclic) bond motifs is 1. The predicted octanol–water partition coefficient (Wildman–Crippen LogP) is 6.01. The standard InChI is InChI=1S/C26H18FNO/c1-2-15-29-25-13-14-26(28-18-25)21-8-5-19(6-9-21)3-4-20-7-10-23-17-24(27)12-11-22(23)16-20/h2,5-14,16-18H,1,15H2. The van der Waals surface area contributed by atoms with Crippen molar-refractivity contribution in [1.29, 1.82) is 0 Å². The summed E-state index contributed by atoms with van der Waals surface area (Å²) in [6, 6.07) is 22.3. The van der Waals surface area contributed by atoms with Gasteiger partial charge in [0, 0.05) is 16.7 Å². The van der Waals surface area contributed by atoms with Crippen LogP contribution >= 0.6 is 0 Å². The lowest BCUT2D eigenvalue weighted by atomic mass is 10.1. The van der Waals surface area contributed by atoms with Gasteiger partial charge in [-0.05, 0) is 59.3 Å². The number of pyridine rings is 1. The van der Waals surface area contributed by atoms with Crippen molar-refractivity contribution in [2.75, 3.05) is 6.61 Å². The number of hydrogen-bond acceptors (Lipinski definition) is 2. The lowest BCUT2D eigenvalue weighted by molar-refractivity contribution is 0.362. The second-order valence-electron chi connectivity index (χ2n) is 6.51. The van der Waals surface area contributed by atoms with E-state index in [1.165, 1.54) is 12.1 Å². The molecule has 0 unspecified atom stereocenters. The first kappa shape index (κ1) is 18.5. The molecule has 1 heterocycles. The third-order valence-corrected chi connectivity index (χ3v) is 4.44. The van der Waals surface area contributed by atoms with Gasteiger partial charge in [-0.15, -0.1) is 0 Å². The summed E-state index contributed by atoms with van der Waals surface area (Å²) in [4.78, 5) is 4.44. The molecule has 29 heavy (non-hydrogen) atoms. The van der Waals surface area contributed by atoms with Gasteiger partial charge in [0.2, 0.25) is 0 Å². The molecule has 0 aliphatic heterocycles. The zero-order valence-corrected chi connectivity index (χ0v) is 15.7. The molecule has 0 bridgehead atoms. The van der Waals surface area contributed by atoms with Crippen LogP contribution < -0.4 is 4.74 Å². The smallest absolute Gasteiger partial charge is 0.138 e. The Morgan fingerprint density at radius 3 is 2.34 bits per heavy atom. The second-order valence-corrected chi connectivity index (χ2v) is 6.51. The van der Waals surface area contributed by atoms with E-state index in [9.17, 15) is 4.39 Å². The maximum atomic E-state index is 13.3. The van der Waals surface area contributed by atoms with Gasteiger partial charge in [0.1, 0.15) is 18.2 Å². The first-order valence-corrected chi connectivity index (χ1v) is 9.23. The Bertz CT molecular complexity index is 1220. The minimum atomic E-state index is -0.232. The van der Waals surface area contributed by atoms with E-state index in [2.05, 4.69) is 23.4 Å². The molecule has 0 aliphatic carbocycles. The van der Waals surface area contributed by atoms with Crippen LogP contribution in [0.2, 0.25) is 0 Å². The Hall–Kier alpha value is -3.90. The molecule has 0 amide bonds. The number of ether oxygens (including phenoxy) is 1. The Kier molecular flexibility index (Phi) is 5.36. The lowest BCUT2D eigenvalue weighted by Crippen LogP contribution is -1.93. The van der Waals surface area contributed by atoms with Crippen LogP contribution in [-0.4, -0.2) is 11.6 Å². The van der Waals surface area contributed by atoms with E-state index < -0.39 is 0 Å². The number of hydrogen-bond donors (Lipinski definition) is 0. The molecule has 140 valence electrons. The monoisotopic (exact) mass is 379 g/mol. The van der Waals surface area contributed by atoms with Crippen molar-refractivity contribution in [3.8, 4) is 28.8 Å². The molecule has 0 saturated heterocycles. The van der Waals surface area contributed by atoms with Crippen LogP contribution in [0.25, 0.3) is 22.0 Å². The minimum Gasteiger partial charge on any atom is -0.488 e. The van der Waals surface area contributed by atoms with Crippen molar-refractivity contribution < 1.29 is 9.13 Å². The van der Waals surface area contributed by atoms with Gasteiger partial charge >= 0.3 is 0 Å². The molecular formula is C26H18FNO. The molecule has 1 aromatic heterocycles. The van der Waals surface area contributed by atoms with Crippen molar-refractivity contribution in [1.82, 2.24) is 4.98 Å². The summed E-state index contributed by atoms with van der Waals surface area (Å²) in [6.07, 6.45) is 3.41.